The van der Waals surface area contributed by atoms with Crippen LogP contribution in [-0.4, -0.2) is 16.4 Å². The Bertz CT molecular complexity index is 563. The SMILES string of the molecule is CCOc1cc(N)cc(Nc2cn(C)nc2CC)c1. The van der Waals surface area contributed by atoms with Crippen LogP contribution in [0.25, 0.3) is 0 Å². The van der Waals surface area contributed by atoms with Crippen LogP contribution in [0.1, 0.15) is 19.5 Å². The maximum Gasteiger partial charge on any atom is 0.123 e. The minimum atomic E-state index is 0.621. The molecule has 1 heterocycles. The number of hydrogen-bond acceptors (Lipinski definition) is 4. The first-order chi connectivity index (χ1) is 9.12. The minimum absolute atomic E-state index is 0.621. The zero-order valence-electron chi connectivity index (χ0n) is 11.6. The molecule has 0 unspecified atom stereocenters. The van der Waals surface area contributed by atoms with E-state index in [-0.39, 0.29) is 0 Å². The molecule has 1 aromatic heterocycles. The van der Waals surface area contributed by atoms with Crippen LogP contribution in [0.5, 0.6) is 5.75 Å². The molecule has 0 fully saturated rings. The van der Waals surface area contributed by atoms with Crippen LogP contribution in [-0.2, 0) is 13.5 Å². The second-order valence-corrected chi connectivity index (χ2v) is 4.37. The monoisotopic (exact) mass is 260 g/mol. The maximum atomic E-state index is 5.88. The predicted octanol–water partition coefficient (Wildman–Crippen LogP) is 2.71. The fraction of sp³-hybridized carbons (Fsp3) is 0.357. The molecule has 0 saturated heterocycles. The van der Waals surface area contributed by atoms with E-state index in [1.165, 1.54) is 0 Å². The molecule has 0 spiro atoms. The quantitative estimate of drug-likeness (QED) is 0.811. The van der Waals surface area contributed by atoms with Gasteiger partial charge in [-0.1, -0.05) is 6.92 Å². The zero-order valence-corrected chi connectivity index (χ0v) is 11.6. The van der Waals surface area contributed by atoms with Gasteiger partial charge >= 0.3 is 0 Å². The highest BCUT2D eigenvalue weighted by atomic mass is 16.5. The lowest BCUT2D eigenvalue weighted by Gasteiger charge is -2.10. The molecule has 0 bridgehead atoms. The van der Waals surface area contributed by atoms with Crippen molar-refractivity contribution >= 4 is 17.1 Å². The van der Waals surface area contributed by atoms with Crippen molar-refractivity contribution in [3.05, 3.63) is 30.1 Å². The van der Waals surface area contributed by atoms with E-state index in [4.69, 9.17) is 10.5 Å². The molecule has 0 radical (unpaired) electrons. The van der Waals surface area contributed by atoms with E-state index in [2.05, 4.69) is 17.3 Å². The fourth-order valence-electron chi connectivity index (χ4n) is 2.00. The molecule has 2 aromatic rings. The van der Waals surface area contributed by atoms with Crippen molar-refractivity contribution in [3.8, 4) is 5.75 Å². The number of aryl methyl sites for hydroxylation is 2. The molecular formula is C14H20N4O. The van der Waals surface area contributed by atoms with Gasteiger partial charge in [-0.05, 0) is 19.4 Å². The Morgan fingerprint density at radius 1 is 1.32 bits per heavy atom. The number of nitrogen functional groups attached to an aromatic ring is 1. The third kappa shape index (κ3) is 3.19. The number of rotatable bonds is 5. The molecule has 0 aliphatic rings. The highest BCUT2D eigenvalue weighted by molar-refractivity contribution is 5.67. The number of benzene rings is 1. The normalized spacial score (nSPS) is 10.5. The molecule has 0 atom stereocenters. The smallest absolute Gasteiger partial charge is 0.123 e. The van der Waals surface area contributed by atoms with E-state index in [1.807, 2.05) is 38.4 Å². The molecule has 3 N–H and O–H groups in total. The van der Waals surface area contributed by atoms with Gasteiger partial charge in [-0.25, -0.2) is 0 Å². The number of ether oxygens (including phenoxy) is 1. The number of hydrogen-bond donors (Lipinski definition) is 2. The first kappa shape index (κ1) is 13.3. The molecule has 2 rings (SSSR count). The third-order valence-corrected chi connectivity index (χ3v) is 2.76. The molecule has 0 aliphatic heterocycles. The summed E-state index contributed by atoms with van der Waals surface area (Å²) in [6, 6.07) is 5.64. The standard InChI is InChI=1S/C14H20N4O/c1-4-13-14(9-18(3)17-13)16-11-6-10(15)7-12(8-11)19-5-2/h6-9,16H,4-5,15H2,1-3H3. The van der Waals surface area contributed by atoms with Crippen molar-refractivity contribution in [2.75, 3.05) is 17.7 Å². The number of nitrogens with zero attached hydrogens (tertiary/aromatic N) is 2. The summed E-state index contributed by atoms with van der Waals surface area (Å²) in [6.07, 6.45) is 2.84. The second-order valence-electron chi connectivity index (χ2n) is 4.37. The molecule has 0 amide bonds. The van der Waals surface area contributed by atoms with Gasteiger partial charge in [0.25, 0.3) is 0 Å². The maximum absolute atomic E-state index is 5.88. The average Bonchev–Trinajstić information content (AvgIpc) is 2.69. The van der Waals surface area contributed by atoms with Gasteiger partial charge in [-0.15, -0.1) is 0 Å². The number of aromatic nitrogens is 2. The van der Waals surface area contributed by atoms with E-state index < -0.39 is 0 Å². The lowest BCUT2D eigenvalue weighted by molar-refractivity contribution is 0.340. The largest absolute Gasteiger partial charge is 0.494 e. The molecular weight excluding hydrogens is 240 g/mol. The van der Waals surface area contributed by atoms with Crippen LogP contribution in [0.4, 0.5) is 17.1 Å². The molecule has 0 aliphatic carbocycles. The Hall–Kier alpha value is -2.17. The first-order valence-corrected chi connectivity index (χ1v) is 6.45. The average molecular weight is 260 g/mol. The van der Waals surface area contributed by atoms with Gasteiger partial charge in [-0.3, -0.25) is 4.68 Å². The molecule has 5 nitrogen and oxygen atoms in total. The van der Waals surface area contributed by atoms with Gasteiger partial charge in [0.2, 0.25) is 0 Å². The van der Waals surface area contributed by atoms with Gasteiger partial charge in [0.15, 0.2) is 0 Å². The van der Waals surface area contributed by atoms with Crippen molar-refractivity contribution < 1.29 is 4.74 Å². The van der Waals surface area contributed by atoms with Crippen molar-refractivity contribution in [2.45, 2.75) is 20.3 Å². The minimum Gasteiger partial charge on any atom is -0.494 e. The summed E-state index contributed by atoms with van der Waals surface area (Å²) in [5, 5.41) is 7.74. The Morgan fingerprint density at radius 3 is 2.79 bits per heavy atom. The van der Waals surface area contributed by atoms with Crippen molar-refractivity contribution in [1.82, 2.24) is 9.78 Å². The molecule has 102 valence electrons. The summed E-state index contributed by atoms with van der Waals surface area (Å²) in [5.41, 5.74) is 9.49. The van der Waals surface area contributed by atoms with Crippen LogP contribution in [0.3, 0.4) is 0 Å². The number of nitrogens with one attached hydrogen (secondary N) is 1. The number of nitrogens with two attached hydrogens (primary N) is 1. The van der Waals surface area contributed by atoms with E-state index in [1.54, 1.807) is 4.68 Å². The molecule has 19 heavy (non-hydrogen) atoms. The van der Waals surface area contributed by atoms with Gasteiger partial charge in [0, 0.05) is 36.8 Å². The van der Waals surface area contributed by atoms with Crippen LogP contribution in [0.2, 0.25) is 0 Å². The van der Waals surface area contributed by atoms with Crippen molar-refractivity contribution in [2.24, 2.45) is 7.05 Å². The molecule has 5 heteroatoms. The van der Waals surface area contributed by atoms with E-state index >= 15 is 0 Å². The predicted molar refractivity (Wildman–Crippen MR) is 77.9 cm³/mol. The van der Waals surface area contributed by atoms with Crippen molar-refractivity contribution in [1.29, 1.82) is 0 Å². The van der Waals surface area contributed by atoms with Gasteiger partial charge < -0.3 is 15.8 Å². The Morgan fingerprint density at radius 2 is 2.11 bits per heavy atom. The second kappa shape index (κ2) is 5.65. The van der Waals surface area contributed by atoms with E-state index in [9.17, 15) is 0 Å². The summed E-state index contributed by atoms with van der Waals surface area (Å²) < 4.78 is 7.29. The van der Waals surface area contributed by atoms with E-state index in [0.717, 1.165) is 29.2 Å². The Kier molecular flexibility index (Phi) is 3.94. The fourth-order valence-corrected chi connectivity index (χ4v) is 2.00. The summed E-state index contributed by atoms with van der Waals surface area (Å²) in [7, 11) is 1.91. The van der Waals surface area contributed by atoms with Crippen LogP contribution in [0, 0.1) is 0 Å². The van der Waals surface area contributed by atoms with Crippen molar-refractivity contribution in [3.63, 3.8) is 0 Å². The summed E-state index contributed by atoms with van der Waals surface area (Å²) in [5.74, 6) is 0.770. The summed E-state index contributed by atoms with van der Waals surface area (Å²) in [6.45, 7) is 4.65. The van der Waals surface area contributed by atoms with Gasteiger partial charge in [0.05, 0.1) is 18.0 Å². The van der Waals surface area contributed by atoms with E-state index in [0.29, 0.717) is 12.3 Å². The molecule has 1 aromatic carbocycles. The Labute approximate surface area is 113 Å². The first-order valence-electron chi connectivity index (χ1n) is 6.45. The lowest BCUT2D eigenvalue weighted by Crippen LogP contribution is -1.97. The number of anilines is 3. The summed E-state index contributed by atoms with van der Waals surface area (Å²) >= 11 is 0. The summed E-state index contributed by atoms with van der Waals surface area (Å²) in [4.78, 5) is 0. The van der Waals surface area contributed by atoms with Gasteiger partial charge in [-0.2, -0.15) is 5.10 Å². The zero-order chi connectivity index (χ0) is 13.8. The van der Waals surface area contributed by atoms with Crippen LogP contribution >= 0.6 is 0 Å². The third-order valence-electron chi connectivity index (χ3n) is 2.76. The van der Waals surface area contributed by atoms with Crippen LogP contribution < -0.4 is 15.8 Å². The molecule has 0 saturated carbocycles. The highest BCUT2D eigenvalue weighted by Crippen LogP contribution is 2.26. The van der Waals surface area contributed by atoms with Gasteiger partial charge in [0.1, 0.15) is 5.75 Å². The lowest BCUT2D eigenvalue weighted by atomic mass is 10.2. The van der Waals surface area contributed by atoms with Crippen LogP contribution in [0.15, 0.2) is 24.4 Å². The highest BCUT2D eigenvalue weighted by Gasteiger charge is 2.07. The Balaban J connectivity index is 2.26. The topological polar surface area (TPSA) is 65.1 Å².